The fourth-order valence-electron chi connectivity index (χ4n) is 6.07. The van der Waals surface area contributed by atoms with Crippen LogP contribution in [0.1, 0.15) is 26.3 Å². The van der Waals surface area contributed by atoms with Gasteiger partial charge >= 0.3 is 0 Å². The van der Waals surface area contributed by atoms with Crippen molar-refractivity contribution in [3.05, 3.63) is 121 Å². The first kappa shape index (κ1) is 28.0. The second-order valence-corrected chi connectivity index (χ2v) is 11.4. The lowest BCUT2D eigenvalue weighted by molar-refractivity contribution is -0.139. The number of fused-ring (bicyclic) bond motifs is 2. The topological polar surface area (TPSA) is 76.7 Å². The molecule has 0 aliphatic carbocycles. The van der Waals surface area contributed by atoms with Gasteiger partial charge in [0.15, 0.2) is 0 Å². The van der Waals surface area contributed by atoms with Crippen LogP contribution in [-0.2, 0) is 20.8 Å². The summed E-state index contributed by atoms with van der Waals surface area (Å²) in [7, 11) is 0. The Morgan fingerprint density at radius 1 is 0.791 bits per heavy atom. The normalized spacial score (nSPS) is 16.8. The number of nitrogens with zero attached hydrogens (tertiary/aromatic N) is 3. The number of carbonyl (C=O) groups excluding carboxylic acids is 3. The molecule has 2 heterocycles. The van der Waals surface area contributed by atoms with E-state index in [0.717, 1.165) is 22.2 Å². The van der Waals surface area contributed by atoms with Crippen LogP contribution in [0, 0.1) is 5.41 Å². The minimum absolute atomic E-state index is 0.146. The SMILES string of the molecule is CC(C)N(C(=O)CN1C(=O)C(C)(Cc2c[nH]c3ccccc23)C(=O)N(c2ccccc2)c2ccccc21)c1ccccc1. The average molecular weight is 571 g/mol. The number of benzene rings is 4. The number of nitrogens with one attached hydrogen (secondary N) is 1. The minimum atomic E-state index is -1.52. The van der Waals surface area contributed by atoms with Gasteiger partial charge in [0.25, 0.3) is 0 Å². The Morgan fingerprint density at radius 2 is 1.40 bits per heavy atom. The molecule has 7 heteroatoms. The summed E-state index contributed by atoms with van der Waals surface area (Å²) in [5.41, 5.74) is 2.74. The zero-order valence-corrected chi connectivity index (χ0v) is 24.5. The number of aromatic amines is 1. The molecule has 4 aromatic carbocycles. The number of aromatic nitrogens is 1. The van der Waals surface area contributed by atoms with E-state index >= 15 is 0 Å². The molecule has 7 nitrogen and oxygen atoms in total. The molecule has 6 rings (SSSR count). The summed E-state index contributed by atoms with van der Waals surface area (Å²) in [4.78, 5) is 51.8. The Hall–Kier alpha value is -5.17. The Labute approximate surface area is 251 Å². The smallest absolute Gasteiger partial charge is 0.247 e. The summed E-state index contributed by atoms with van der Waals surface area (Å²) in [5.74, 6) is -1.00. The maximum atomic E-state index is 14.8. The van der Waals surface area contributed by atoms with Gasteiger partial charge in [-0.05, 0) is 75.2 Å². The molecule has 43 heavy (non-hydrogen) atoms. The van der Waals surface area contributed by atoms with Crippen molar-refractivity contribution in [2.45, 2.75) is 33.2 Å². The van der Waals surface area contributed by atoms with Gasteiger partial charge in [0.1, 0.15) is 12.0 Å². The Morgan fingerprint density at radius 3 is 2.09 bits per heavy atom. The largest absolute Gasteiger partial charge is 0.361 e. The van der Waals surface area contributed by atoms with Crippen LogP contribution in [0.3, 0.4) is 0 Å². The van der Waals surface area contributed by atoms with Crippen molar-refractivity contribution in [3.63, 3.8) is 0 Å². The maximum Gasteiger partial charge on any atom is 0.247 e. The molecule has 216 valence electrons. The summed E-state index contributed by atoms with van der Waals surface area (Å²) in [6, 6.07) is 33.8. The highest BCUT2D eigenvalue weighted by Gasteiger charge is 2.51. The molecule has 1 N–H and O–H groups in total. The summed E-state index contributed by atoms with van der Waals surface area (Å²) in [6.07, 6.45) is 2.02. The van der Waals surface area contributed by atoms with Crippen molar-refractivity contribution in [1.29, 1.82) is 0 Å². The molecule has 5 aromatic rings. The molecular formula is C36H34N4O3. The third-order valence-electron chi connectivity index (χ3n) is 8.15. The minimum Gasteiger partial charge on any atom is -0.361 e. The predicted molar refractivity (Wildman–Crippen MR) is 172 cm³/mol. The van der Waals surface area contributed by atoms with Crippen LogP contribution in [0.15, 0.2) is 115 Å². The Balaban J connectivity index is 1.50. The van der Waals surface area contributed by atoms with E-state index in [-0.39, 0.29) is 30.8 Å². The van der Waals surface area contributed by atoms with Crippen molar-refractivity contribution in [3.8, 4) is 0 Å². The van der Waals surface area contributed by atoms with Crippen molar-refractivity contribution in [2.24, 2.45) is 5.41 Å². The number of rotatable bonds is 7. The van der Waals surface area contributed by atoms with Crippen molar-refractivity contribution >= 4 is 51.4 Å². The van der Waals surface area contributed by atoms with E-state index in [2.05, 4.69) is 4.98 Å². The molecule has 1 aromatic heterocycles. The van der Waals surface area contributed by atoms with Crippen LogP contribution in [0.25, 0.3) is 10.9 Å². The fraction of sp³-hybridized carbons (Fsp3) is 0.194. The number of hydrogen-bond acceptors (Lipinski definition) is 3. The highest BCUT2D eigenvalue weighted by atomic mass is 16.2. The van der Waals surface area contributed by atoms with Gasteiger partial charge in [-0.3, -0.25) is 24.2 Å². The van der Waals surface area contributed by atoms with Crippen LogP contribution < -0.4 is 14.7 Å². The molecule has 0 fully saturated rings. The first-order valence-electron chi connectivity index (χ1n) is 14.5. The van der Waals surface area contributed by atoms with Gasteiger partial charge in [-0.2, -0.15) is 0 Å². The number of carbonyl (C=O) groups is 3. The Bertz CT molecular complexity index is 1800. The molecule has 0 radical (unpaired) electrons. The number of para-hydroxylation sites is 5. The zero-order valence-electron chi connectivity index (χ0n) is 24.5. The van der Waals surface area contributed by atoms with Gasteiger partial charge in [0, 0.05) is 34.5 Å². The summed E-state index contributed by atoms with van der Waals surface area (Å²) >= 11 is 0. The predicted octanol–water partition coefficient (Wildman–Crippen LogP) is 6.87. The number of H-pyrrole nitrogens is 1. The van der Waals surface area contributed by atoms with Crippen molar-refractivity contribution in [1.82, 2.24) is 4.98 Å². The van der Waals surface area contributed by atoms with E-state index in [0.29, 0.717) is 17.1 Å². The lowest BCUT2D eigenvalue weighted by atomic mass is 9.80. The van der Waals surface area contributed by atoms with E-state index in [1.807, 2.05) is 129 Å². The van der Waals surface area contributed by atoms with E-state index in [9.17, 15) is 14.4 Å². The molecule has 3 amide bonds. The molecule has 0 spiro atoms. The second-order valence-electron chi connectivity index (χ2n) is 11.4. The van der Waals surface area contributed by atoms with Gasteiger partial charge < -0.3 is 9.88 Å². The lowest BCUT2D eigenvalue weighted by Gasteiger charge is -2.33. The van der Waals surface area contributed by atoms with Gasteiger partial charge in [-0.15, -0.1) is 0 Å². The number of hydrogen-bond donors (Lipinski definition) is 1. The van der Waals surface area contributed by atoms with Crippen molar-refractivity contribution < 1.29 is 14.4 Å². The van der Waals surface area contributed by atoms with Gasteiger partial charge in [0.2, 0.25) is 17.7 Å². The first-order chi connectivity index (χ1) is 20.8. The van der Waals surface area contributed by atoms with Crippen LogP contribution in [-0.4, -0.2) is 35.3 Å². The van der Waals surface area contributed by atoms with Crippen LogP contribution >= 0.6 is 0 Å². The second kappa shape index (κ2) is 11.2. The first-order valence-corrected chi connectivity index (χ1v) is 14.5. The molecule has 0 saturated heterocycles. The quantitative estimate of drug-likeness (QED) is 0.217. The van der Waals surface area contributed by atoms with Crippen molar-refractivity contribution in [2.75, 3.05) is 21.2 Å². The van der Waals surface area contributed by atoms with Crippen LogP contribution in [0.5, 0.6) is 0 Å². The average Bonchev–Trinajstić information content (AvgIpc) is 3.41. The third-order valence-corrected chi connectivity index (χ3v) is 8.15. The number of anilines is 4. The van der Waals surface area contributed by atoms with Gasteiger partial charge in [-0.1, -0.05) is 66.7 Å². The van der Waals surface area contributed by atoms with Gasteiger partial charge in [0.05, 0.1) is 11.4 Å². The zero-order chi connectivity index (χ0) is 30.1. The Kier molecular flexibility index (Phi) is 7.32. The molecule has 1 aliphatic rings. The summed E-state index contributed by atoms with van der Waals surface area (Å²) in [5, 5.41) is 0.954. The van der Waals surface area contributed by atoms with E-state index in [4.69, 9.17) is 0 Å². The van der Waals surface area contributed by atoms with Crippen LogP contribution in [0.2, 0.25) is 0 Å². The summed E-state index contributed by atoms with van der Waals surface area (Å²) < 4.78 is 0. The molecule has 1 unspecified atom stereocenters. The molecule has 1 atom stereocenters. The van der Waals surface area contributed by atoms with E-state index < -0.39 is 11.3 Å². The molecule has 0 bridgehead atoms. The third kappa shape index (κ3) is 4.97. The highest BCUT2D eigenvalue weighted by molar-refractivity contribution is 6.24. The van der Waals surface area contributed by atoms with E-state index in [1.165, 1.54) is 4.90 Å². The van der Waals surface area contributed by atoms with Gasteiger partial charge in [-0.25, -0.2) is 0 Å². The standard InChI is InChI=1S/C36H34N4O3/c1-25(2)39(27-14-6-4-7-15-27)33(41)24-38-31-20-12-13-21-32(31)40(28-16-8-5-9-17-28)35(43)36(3,34(38)42)22-26-23-37-30-19-11-10-18-29(26)30/h4-21,23,25,37H,22,24H2,1-3H3. The molecular weight excluding hydrogens is 536 g/mol. The fourth-order valence-corrected chi connectivity index (χ4v) is 6.07. The molecule has 0 saturated carbocycles. The lowest BCUT2D eigenvalue weighted by Crippen LogP contribution is -2.53. The summed E-state index contributed by atoms with van der Waals surface area (Å²) in [6.45, 7) is 5.38. The van der Waals surface area contributed by atoms with Crippen LogP contribution in [0.4, 0.5) is 22.7 Å². The molecule has 1 aliphatic heterocycles. The monoisotopic (exact) mass is 570 g/mol. The van der Waals surface area contributed by atoms with E-state index in [1.54, 1.807) is 16.7 Å². The number of amides is 3. The maximum absolute atomic E-state index is 14.8. The highest BCUT2D eigenvalue weighted by Crippen LogP contribution is 2.44.